The number of carbonyl (C=O) groups is 1. The van der Waals surface area contributed by atoms with E-state index in [9.17, 15) is 4.79 Å². The number of halogens is 1. The summed E-state index contributed by atoms with van der Waals surface area (Å²) in [6.07, 6.45) is 0.819. The summed E-state index contributed by atoms with van der Waals surface area (Å²) in [7, 11) is 0. The number of hydrogen-bond acceptors (Lipinski definition) is 2. The molecule has 0 fully saturated rings. The summed E-state index contributed by atoms with van der Waals surface area (Å²) >= 11 is 5.92. The first-order valence-electron chi connectivity index (χ1n) is 4.65. The molecule has 0 saturated heterocycles. The van der Waals surface area contributed by atoms with Crippen molar-refractivity contribution < 1.29 is 4.79 Å². The Balaban J connectivity index is 3.02. The standard InChI is InChI=1S/C11H14ClNO/c1-3-7(2)11(14)9-5-4-8(13)6-10(9)12/h4-7H,3,13H2,1-2H3. The second-order valence-corrected chi connectivity index (χ2v) is 3.82. The summed E-state index contributed by atoms with van der Waals surface area (Å²) in [5, 5.41) is 0.440. The second-order valence-electron chi connectivity index (χ2n) is 3.41. The molecule has 1 aromatic rings. The molecule has 0 aliphatic heterocycles. The molecule has 0 aliphatic rings. The summed E-state index contributed by atoms with van der Waals surface area (Å²) in [5.74, 6) is 0.0913. The Bertz CT molecular complexity index is 349. The summed E-state index contributed by atoms with van der Waals surface area (Å²) in [6, 6.07) is 4.99. The highest BCUT2D eigenvalue weighted by Gasteiger charge is 2.15. The lowest BCUT2D eigenvalue weighted by atomic mass is 9.97. The zero-order valence-electron chi connectivity index (χ0n) is 8.38. The van der Waals surface area contributed by atoms with Gasteiger partial charge in [0.1, 0.15) is 0 Å². The summed E-state index contributed by atoms with van der Waals surface area (Å²) in [5.41, 5.74) is 6.68. The van der Waals surface area contributed by atoms with E-state index in [0.717, 1.165) is 6.42 Å². The van der Waals surface area contributed by atoms with Gasteiger partial charge in [-0.3, -0.25) is 4.79 Å². The van der Waals surface area contributed by atoms with Crippen LogP contribution in [0.5, 0.6) is 0 Å². The van der Waals surface area contributed by atoms with Gasteiger partial charge in [-0.05, 0) is 24.6 Å². The van der Waals surface area contributed by atoms with Gasteiger partial charge in [0.2, 0.25) is 0 Å². The Morgan fingerprint density at radius 2 is 2.21 bits per heavy atom. The number of Topliss-reactive ketones (excluding diaryl/α,β-unsaturated/α-hetero) is 1. The van der Waals surface area contributed by atoms with Crippen LogP contribution in [0.3, 0.4) is 0 Å². The van der Waals surface area contributed by atoms with Crippen molar-refractivity contribution in [1.82, 2.24) is 0 Å². The van der Waals surface area contributed by atoms with Gasteiger partial charge in [-0.25, -0.2) is 0 Å². The van der Waals surface area contributed by atoms with E-state index < -0.39 is 0 Å². The molecule has 3 heteroatoms. The Hall–Kier alpha value is -1.02. The predicted molar refractivity (Wildman–Crippen MR) is 59.6 cm³/mol. The predicted octanol–water partition coefficient (Wildman–Crippen LogP) is 3.15. The fourth-order valence-corrected chi connectivity index (χ4v) is 1.46. The lowest BCUT2D eigenvalue weighted by Gasteiger charge is -2.09. The molecule has 0 aromatic heterocycles. The van der Waals surface area contributed by atoms with Crippen LogP contribution in [-0.4, -0.2) is 5.78 Å². The molecule has 76 valence electrons. The number of benzene rings is 1. The van der Waals surface area contributed by atoms with Crippen molar-refractivity contribution in [2.24, 2.45) is 5.92 Å². The topological polar surface area (TPSA) is 43.1 Å². The second kappa shape index (κ2) is 4.47. The van der Waals surface area contributed by atoms with Crippen molar-refractivity contribution in [3.8, 4) is 0 Å². The van der Waals surface area contributed by atoms with Gasteiger partial charge in [0, 0.05) is 17.2 Å². The molecular formula is C11H14ClNO. The van der Waals surface area contributed by atoms with Gasteiger partial charge in [-0.1, -0.05) is 25.4 Å². The molecule has 2 N–H and O–H groups in total. The molecule has 0 bridgehead atoms. The van der Waals surface area contributed by atoms with Gasteiger partial charge >= 0.3 is 0 Å². The molecule has 1 aromatic carbocycles. The summed E-state index contributed by atoms with van der Waals surface area (Å²) in [4.78, 5) is 11.8. The number of carbonyl (C=O) groups excluding carboxylic acids is 1. The van der Waals surface area contributed by atoms with Crippen LogP contribution < -0.4 is 5.73 Å². The largest absolute Gasteiger partial charge is 0.399 e. The van der Waals surface area contributed by atoms with Crippen molar-refractivity contribution >= 4 is 23.1 Å². The average Bonchev–Trinajstić information content (AvgIpc) is 2.15. The Labute approximate surface area is 89.1 Å². The minimum Gasteiger partial charge on any atom is -0.399 e. The van der Waals surface area contributed by atoms with Crippen LogP contribution in [0, 0.1) is 5.92 Å². The highest BCUT2D eigenvalue weighted by Crippen LogP contribution is 2.22. The zero-order valence-corrected chi connectivity index (χ0v) is 9.14. The maximum Gasteiger partial charge on any atom is 0.167 e. The average molecular weight is 212 g/mol. The monoisotopic (exact) mass is 211 g/mol. The van der Waals surface area contributed by atoms with Gasteiger partial charge in [0.25, 0.3) is 0 Å². The van der Waals surface area contributed by atoms with Crippen LogP contribution >= 0.6 is 11.6 Å². The molecule has 0 radical (unpaired) electrons. The summed E-state index contributed by atoms with van der Waals surface area (Å²) in [6.45, 7) is 3.88. The Kier molecular flexibility index (Phi) is 3.53. The van der Waals surface area contributed by atoms with Gasteiger partial charge < -0.3 is 5.73 Å². The van der Waals surface area contributed by atoms with Crippen LogP contribution in [0.25, 0.3) is 0 Å². The molecule has 0 heterocycles. The Morgan fingerprint density at radius 1 is 1.57 bits per heavy atom. The van der Waals surface area contributed by atoms with Crippen LogP contribution in [0.1, 0.15) is 30.6 Å². The molecule has 14 heavy (non-hydrogen) atoms. The number of hydrogen-bond donors (Lipinski definition) is 1. The van der Waals surface area contributed by atoms with Gasteiger partial charge in [0.15, 0.2) is 5.78 Å². The highest BCUT2D eigenvalue weighted by molar-refractivity contribution is 6.34. The molecule has 0 saturated carbocycles. The van der Waals surface area contributed by atoms with Gasteiger partial charge in [0.05, 0.1) is 5.02 Å². The van der Waals surface area contributed by atoms with E-state index in [0.29, 0.717) is 16.3 Å². The normalized spacial score (nSPS) is 12.5. The van der Waals surface area contributed by atoms with Crippen LogP contribution in [0.4, 0.5) is 5.69 Å². The number of rotatable bonds is 3. The van der Waals surface area contributed by atoms with Crippen molar-refractivity contribution in [2.45, 2.75) is 20.3 Å². The van der Waals surface area contributed by atoms with Crippen LogP contribution in [0.2, 0.25) is 5.02 Å². The molecular weight excluding hydrogens is 198 g/mol. The molecule has 1 atom stereocenters. The van der Waals surface area contributed by atoms with E-state index in [1.54, 1.807) is 18.2 Å². The SMILES string of the molecule is CCC(C)C(=O)c1ccc(N)cc1Cl. The molecule has 2 nitrogen and oxygen atoms in total. The van der Waals surface area contributed by atoms with E-state index >= 15 is 0 Å². The van der Waals surface area contributed by atoms with Crippen molar-refractivity contribution in [1.29, 1.82) is 0 Å². The van der Waals surface area contributed by atoms with Crippen molar-refractivity contribution in [2.75, 3.05) is 5.73 Å². The third kappa shape index (κ3) is 2.26. The number of anilines is 1. The van der Waals surface area contributed by atoms with Crippen molar-refractivity contribution in [3.05, 3.63) is 28.8 Å². The van der Waals surface area contributed by atoms with E-state index in [4.69, 9.17) is 17.3 Å². The van der Waals surface area contributed by atoms with Crippen molar-refractivity contribution in [3.63, 3.8) is 0 Å². The smallest absolute Gasteiger partial charge is 0.167 e. The fraction of sp³-hybridized carbons (Fsp3) is 0.364. The number of nitrogen functional groups attached to an aromatic ring is 1. The van der Waals surface area contributed by atoms with E-state index in [1.165, 1.54) is 0 Å². The van der Waals surface area contributed by atoms with Crippen LogP contribution in [-0.2, 0) is 0 Å². The highest BCUT2D eigenvalue weighted by atomic mass is 35.5. The van der Waals surface area contributed by atoms with E-state index in [-0.39, 0.29) is 11.7 Å². The lowest BCUT2D eigenvalue weighted by molar-refractivity contribution is 0.0927. The third-order valence-electron chi connectivity index (χ3n) is 2.32. The quantitative estimate of drug-likeness (QED) is 0.617. The molecule has 0 aliphatic carbocycles. The number of ketones is 1. The molecule has 0 spiro atoms. The Morgan fingerprint density at radius 3 is 2.71 bits per heavy atom. The van der Waals surface area contributed by atoms with Crippen LogP contribution in [0.15, 0.2) is 18.2 Å². The minimum atomic E-state index is 0.0103. The first kappa shape index (κ1) is 11.1. The maximum atomic E-state index is 11.8. The molecule has 0 amide bonds. The van der Waals surface area contributed by atoms with E-state index in [2.05, 4.69) is 0 Å². The fourth-order valence-electron chi connectivity index (χ4n) is 1.18. The van der Waals surface area contributed by atoms with Gasteiger partial charge in [-0.2, -0.15) is 0 Å². The van der Waals surface area contributed by atoms with Gasteiger partial charge in [-0.15, -0.1) is 0 Å². The third-order valence-corrected chi connectivity index (χ3v) is 2.63. The number of nitrogens with two attached hydrogens (primary N) is 1. The summed E-state index contributed by atoms with van der Waals surface area (Å²) < 4.78 is 0. The van der Waals surface area contributed by atoms with E-state index in [1.807, 2.05) is 13.8 Å². The first-order valence-corrected chi connectivity index (χ1v) is 5.03. The minimum absolute atomic E-state index is 0.0103. The first-order chi connectivity index (χ1) is 6.56. The lowest BCUT2D eigenvalue weighted by Crippen LogP contribution is -2.10. The zero-order chi connectivity index (χ0) is 10.7. The maximum absolute atomic E-state index is 11.8. The molecule has 1 unspecified atom stereocenters. The molecule has 1 rings (SSSR count).